The van der Waals surface area contributed by atoms with Gasteiger partial charge < -0.3 is 33.5 Å². The molecule has 0 spiro atoms. The Balaban J connectivity index is -0.000000138. The van der Waals surface area contributed by atoms with Crippen LogP contribution in [0.5, 0.6) is 0 Å². The van der Waals surface area contributed by atoms with Crippen LogP contribution in [0.15, 0.2) is 0 Å². The fraction of sp³-hybridized carbons (Fsp3) is 0.800. The summed E-state index contributed by atoms with van der Waals surface area (Å²) in [4.78, 5) is 33.1. The summed E-state index contributed by atoms with van der Waals surface area (Å²) >= 11 is 0. The summed E-state index contributed by atoms with van der Waals surface area (Å²) in [6, 6.07) is 0. The van der Waals surface area contributed by atoms with E-state index in [1.165, 1.54) is 0 Å². The van der Waals surface area contributed by atoms with E-state index in [9.17, 15) is 14.1 Å². The SMILES string of the molecule is CCCC(CC)(CC)OOC(=O)C(=O)OF.N.N.N.OB(O)O. The van der Waals surface area contributed by atoms with E-state index < -0.39 is 24.9 Å². The van der Waals surface area contributed by atoms with Gasteiger partial charge in [0.05, 0.1) is 0 Å². The van der Waals surface area contributed by atoms with Gasteiger partial charge in [-0.2, -0.15) is 4.89 Å². The summed E-state index contributed by atoms with van der Waals surface area (Å²) in [6.07, 6.45) is 2.76. The fourth-order valence-corrected chi connectivity index (χ4v) is 1.41. The third kappa shape index (κ3) is 16.8. The van der Waals surface area contributed by atoms with Crippen LogP contribution < -0.4 is 18.5 Å². The molecule has 12 N–H and O–H groups in total. The number of carbonyl (C=O) groups is 2. The Morgan fingerprint density at radius 2 is 1.39 bits per heavy atom. The summed E-state index contributed by atoms with van der Waals surface area (Å²) in [5, 5.41) is 21.5. The maximum Gasteiger partial charge on any atom is 0.631 e. The van der Waals surface area contributed by atoms with Crippen molar-refractivity contribution < 1.29 is 43.9 Å². The quantitative estimate of drug-likeness (QED) is 0.169. The molecule has 0 heterocycles. The van der Waals surface area contributed by atoms with E-state index in [1.807, 2.05) is 20.8 Å². The largest absolute Gasteiger partial charge is 0.631 e. The summed E-state index contributed by atoms with van der Waals surface area (Å²) in [5.41, 5.74) is -0.624. The second kappa shape index (κ2) is 18.7. The van der Waals surface area contributed by atoms with Crippen molar-refractivity contribution >= 4 is 19.3 Å². The second-order valence-electron chi connectivity index (χ2n) is 3.81. The van der Waals surface area contributed by atoms with Crippen LogP contribution in [0.2, 0.25) is 0 Å². The molecule has 0 aromatic carbocycles. The van der Waals surface area contributed by atoms with Crippen molar-refractivity contribution in [2.24, 2.45) is 0 Å². The molecular formula is C10H29BFN3O8. The van der Waals surface area contributed by atoms with Crippen LogP contribution in [0, 0.1) is 0 Å². The molecule has 0 rings (SSSR count). The molecule has 0 saturated heterocycles. The number of halogens is 1. The van der Waals surface area contributed by atoms with Gasteiger partial charge in [0.25, 0.3) is 0 Å². The van der Waals surface area contributed by atoms with Crippen LogP contribution in [0.4, 0.5) is 4.53 Å². The standard InChI is InChI=1S/C10H17FO5.BH3O3.3H3N/c1-4-7-10(5-2,6-3)16-15-9(13)8(12)14-11;2-1(3)4;;;/h4-7H2,1-3H3;2-4H;3*1H3. The first-order chi connectivity index (χ1) is 9.28. The van der Waals surface area contributed by atoms with Gasteiger partial charge >= 0.3 is 19.3 Å². The van der Waals surface area contributed by atoms with Crippen molar-refractivity contribution in [3.05, 3.63) is 0 Å². The van der Waals surface area contributed by atoms with Gasteiger partial charge in [-0.25, -0.2) is 14.5 Å². The molecule has 0 radical (unpaired) electrons. The van der Waals surface area contributed by atoms with Gasteiger partial charge in [-0.1, -0.05) is 27.2 Å². The van der Waals surface area contributed by atoms with Gasteiger partial charge in [-0.05, 0) is 19.3 Å². The van der Waals surface area contributed by atoms with Crippen LogP contribution in [0.1, 0.15) is 46.5 Å². The Labute approximate surface area is 134 Å². The zero-order chi connectivity index (χ0) is 16.2. The average Bonchev–Trinajstić information content (AvgIpc) is 2.41. The molecule has 0 unspecified atom stereocenters. The summed E-state index contributed by atoms with van der Waals surface area (Å²) in [7, 11) is -2.17. The number of hydrogen-bond acceptors (Lipinski definition) is 11. The third-order valence-electron chi connectivity index (χ3n) is 2.53. The van der Waals surface area contributed by atoms with Gasteiger partial charge in [-0.15, -0.1) is 0 Å². The highest BCUT2D eigenvalue weighted by molar-refractivity contribution is 6.30. The Bertz CT molecular complexity index is 293. The van der Waals surface area contributed by atoms with Crippen molar-refractivity contribution in [3.8, 4) is 0 Å². The molecule has 23 heavy (non-hydrogen) atoms. The summed E-state index contributed by atoms with van der Waals surface area (Å²) < 4.78 is 11.4. The lowest BCUT2D eigenvalue weighted by Crippen LogP contribution is -2.33. The Hall–Kier alpha value is -1.35. The molecule has 0 atom stereocenters. The fourth-order valence-electron chi connectivity index (χ4n) is 1.41. The minimum atomic E-state index is -2.17. The predicted molar refractivity (Wildman–Crippen MR) is 80.1 cm³/mol. The highest BCUT2D eigenvalue weighted by atomic mass is 19.3. The normalized spacial score (nSPS) is 8.83. The molecule has 0 amide bonds. The van der Waals surface area contributed by atoms with Gasteiger partial charge in [0.2, 0.25) is 0 Å². The highest BCUT2D eigenvalue weighted by Gasteiger charge is 2.31. The molecule has 0 fully saturated rings. The molecule has 0 aromatic rings. The Morgan fingerprint density at radius 3 is 1.65 bits per heavy atom. The van der Waals surface area contributed by atoms with Gasteiger partial charge in [0.15, 0.2) is 0 Å². The van der Waals surface area contributed by atoms with Gasteiger partial charge in [-0.3, -0.25) is 4.89 Å². The summed E-state index contributed by atoms with van der Waals surface area (Å²) in [5.74, 6) is -3.22. The molecular weight excluding hydrogens is 320 g/mol. The van der Waals surface area contributed by atoms with E-state index in [4.69, 9.17) is 20.0 Å². The predicted octanol–water partition coefficient (Wildman–Crippen LogP) is 0.682. The van der Waals surface area contributed by atoms with E-state index in [-0.39, 0.29) is 18.5 Å². The molecule has 0 aromatic heterocycles. The van der Waals surface area contributed by atoms with Crippen molar-refractivity contribution in [2.45, 2.75) is 52.1 Å². The minimum absolute atomic E-state index is 0. The van der Waals surface area contributed by atoms with Crippen LogP contribution >= 0.6 is 0 Å². The zero-order valence-electron chi connectivity index (χ0n) is 13.8. The number of rotatable bonds is 6. The Kier molecular flexibility index (Phi) is 27.1. The van der Waals surface area contributed by atoms with Crippen LogP contribution in [-0.4, -0.2) is 39.9 Å². The first-order valence-corrected chi connectivity index (χ1v) is 6.05. The molecule has 142 valence electrons. The minimum Gasteiger partial charge on any atom is -0.402 e. The van der Waals surface area contributed by atoms with E-state index >= 15 is 0 Å². The van der Waals surface area contributed by atoms with Crippen molar-refractivity contribution in [1.29, 1.82) is 0 Å². The molecule has 0 saturated carbocycles. The Morgan fingerprint density at radius 1 is 1.00 bits per heavy atom. The lowest BCUT2D eigenvalue weighted by molar-refractivity contribution is -0.336. The zero-order valence-corrected chi connectivity index (χ0v) is 13.8. The lowest BCUT2D eigenvalue weighted by atomic mass is 9.92. The summed E-state index contributed by atoms with van der Waals surface area (Å²) in [6.45, 7) is 5.71. The van der Waals surface area contributed by atoms with Crippen LogP contribution in [0.25, 0.3) is 0 Å². The lowest BCUT2D eigenvalue weighted by Gasteiger charge is -2.28. The average molecular weight is 349 g/mol. The molecule has 0 bridgehead atoms. The van der Waals surface area contributed by atoms with Gasteiger partial charge in [0.1, 0.15) is 5.60 Å². The first kappa shape index (κ1) is 33.3. The van der Waals surface area contributed by atoms with Crippen molar-refractivity contribution in [3.63, 3.8) is 0 Å². The highest BCUT2D eigenvalue weighted by Crippen LogP contribution is 2.26. The van der Waals surface area contributed by atoms with Crippen LogP contribution in [-0.2, 0) is 24.3 Å². The van der Waals surface area contributed by atoms with E-state index in [0.717, 1.165) is 6.42 Å². The van der Waals surface area contributed by atoms with Crippen LogP contribution in [0.3, 0.4) is 0 Å². The number of hydrogen-bond donors (Lipinski definition) is 6. The van der Waals surface area contributed by atoms with Crippen molar-refractivity contribution in [2.75, 3.05) is 0 Å². The second-order valence-corrected chi connectivity index (χ2v) is 3.81. The molecule has 0 aliphatic rings. The van der Waals surface area contributed by atoms with E-state index in [2.05, 4.69) is 9.83 Å². The van der Waals surface area contributed by atoms with E-state index in [0.29, 0.717) is 19.3 Å². The topological polar surface area (TPSA) is 228 Å². The van der Waals surface area contributed by atoms with Gasteiger partial charge in [0, 0.05) is 4.53 Å². The molecule has 0 aliphatic carbocycles. The molecule has 13 heteroatoms. The smallest absolute Gasteiger partial charge is 0.402 e. The molecule has 11 nitrogen and oxygen atoms in total. The maximum absolute atomic E-state index is 11.4. The van der Waals surface area contributed by atoms with Crippen molar-refractivity contribution in [1.82, 2.24) is 18.5 Å². The first-order valence-electron chi connectivity index (χ1n) is 6.05. The third-order valence-corrected chi connectivity index (χ3v) is 2.53. The van der Waals surface area contributed by atoms with E-state index in [1.54, 1.807) is 0 Å². The monoisotopic (exact) mass is 349 g/mol. The molecule has 0 aliphatic heterocycles. The number of carbonyl (C=O) groups excluding carboxylic acids is 2. The maximum atomic E-state index is 11.4.